The minimum absolute atomic E-state index is 0.0134. The van der Waals surface area contributed by atoms with Crippen molar-refractivity contribution in [2.45, 2.75) is 39.5 Å². The summed E-state index contributed by atoms with van der Waals surface area (Å²) in [6.07, 6.45) is 6.34. The smallest absolute Gasteiger partial charge is 0.139 e. The van der Waals surface area contributed by atoms with Gasteiger partial charge in [-0.2, -0.15) is 0 Å². The van der Waals surface area contributed by atoms with Crippen molar-refractivity contribution in [3.63, 3.8) is 0 Å². The van der Waals surface area contributed by atoms with Crippen LogP contribution in [-0.4, -0.2) is 5.78 Å². The Morgan fingerprint density at radius 3 is 3.08 bits per heavy atom. The van der Waals surface area contributed by atoms with Crippen LogP contribution in [0.4, 0.5) is 0 Å². The van der Waals surface area contributed by atoms with Gasteiger partial charge in [0.25, 0.3) is 0 Å². The third kappa shape index (κ3) is 0.954. The molecule has 0 aromatic carbocycles. The second kappa shape index (κ2) is 2.45. The second-order valence-electron chi connectivity index (χ2n) is 4.53. The number of rotatable bonds is 0. The van der Waals surface area contributed by atoms with Crippen LogP contribution in [0.2, 0.25) is 0 Å². The first kappa shape index (κ1) is 8.03. The number of fused-ring (bicyclic) bond motifs is 1. The Bertz CT molecular complexity index is 252. The van der Waals surface area contributed by atoms with Crippen LogP contribution in [0.15, 0.2) is 11.6 Å². The molecule has 2 aliphatic rings. The van der Waals surface area contributed by atoms with Crippen LogP contribution in [0.25, 0.3) is 0 Å². The molecule has 1 saturated carbocycles. The minimum Gasteiger partial charge on any atom is -0.299 e. The highest BCUT2D eigenvalue weighted by Gasteiger charge is 2.46. The molecule has 2 atom stereocenters. The number of ketones is 1. The molecule has 0 aliphatic heterocycles. The van der Waals surface area contributed by atoms with Crippen molar-refractivity contribution in [2.24, 2.45) is 11.3 Å². The first-order chi connectivity index (χ1) is 5.63. The Kier molecular flexibility index (Phi) is 1.64. The Labute approximate surface area is 73.8 Å². The van der Waals surface area contributed by atoms with E-state index in [4.69, 9.17) is 0 Å². The van der Waals surface area contributed by atoms with Gasteiger partial charge in [-0.1, -0.05) is 18.6 Å². The standard InChI is InChI=1S/C11H16O/c1-8-5-6-11(2)9(7-8)3-4-10(11)12/h5,9H,3-4,6-7H2,1-2H3/t9-,11+/m1/s1. The van der Waals surface area contributed by atoms with Crippen molar-refractivity contribution in [1.29, 1.82) is 0 Å². The average Bonchev–Trinajstić information content (AvgIpc) is 2.31. The van der Waals surface area contributed by atoms with E-state index in [9.17, 15) is 4.79 Å². The van der Waals surface area contributed by atoms with Crippen molar-refractivity contribution in [3.05, 3.63) is 11.6 Å². The Balaban J connectivity index is 2.30. The van der Waals surface area contributed by atoms with Gasteiger partial charge in [-0.15, -0.1) is 0 Å². The van der Waals surface area contributed by atoms with E-state index in [1.54, 1.807) is 0 Å². The predicted octanol–water partition coefficient (Wildman–Crippen LogP) is 2.71. The molecule has 0 saturated heterocycles. The number of allylic oxidation sites excluding steroid dienone is 2. The lowest BCUT2D eigenvalue weighted by Gasteiger charge is -2.33. The third-order valence-electron chi connectivity index (χ3n) is 3.70. The van der Waals surface area contributed by atoms with Gasteiger partial charge in [0.1, 0.15) is 5.78 Å². The first-order valence-electron chi connectivity index (χ1n) is 4.82. The Hall–Kier alpha value is -0.590. The van der Waals surface area contributed by atoms with E-state index in [1.165, 1.54) is 5.57 Å². The first-order valence-corrected chi connectivity index (χ1v) is 4.82. The van der Waals surface area contributed by atoms with E-state index in [1.807, 2.05) is 0 Å². The van der Waals surface area contributed by atoms with Gasteiger partial charge < -0.3 is 0 Å². The van der Waals surface area contributed by atoms with Gasteiger partial charge in [0.2, 0.25) is 0 Å². The van der Waals surface area contributed by atoms with E-state index in [-0.39, 0.29) is 5.41 Å². The van der Waals surface area contributed by atoms with E-state index in [2.05, 4.69) is 19.9 Å². The monoisotopic (exact) mass is 164 g/mol. The molecule has 1 nitrogen and oxygen atoms in total. The lowest BCUT2D eigenvalue weighted by atomic mass is 9.70. The summed E-state index contributed by atoms with van der Waals surface area (Å²) >= 11 is 0. The third-order valence-corrected chi connectivity index (χ3v) is 3.70. The molecule has 1 heteroatoms. The minimum atomic E-state index is 0.0134. The summed E-state index contributed by atoms with van der Waals surface area (Å²) in [7, 11) is 0. The molecule has 2 aliphatic carbocycles. The summed E-state index contributed by atoms with van der Waals surface area (Å²) < 4.78 is 0. The molecule has 0 N–H and O–H groups in total. The SMILES string of the molecule is CC1=CC[C@]2(C)C(=O)CC[C@@H]2C1. The zero-order chi connectivity index (χ0) is 8.77. The lowest BCUT2D eigenvalue weighted by molar-refractivity contribution is -0.126. The summed E-state index contributed by atoms with van der Waals surface area (Å²) in [4.78, 5) is 11.6. The van der Waals surface area contributed by atoms with Crippen LogP contribution in [0.3, 0.4) is 0 Å². The van der Waals surface area contributed by atoms with Gasteiger partial charge >= 0.3 is 0 Å². The fraction of sp³-hybridized carbons (Fsp3) is 0.727. The van der Waals surface area contributed by atoms with Gasteiger partial charge in [-0.25, -0.2) is 0 Å². The van der Waals surface area contributed by atoms with Crippen LogP contribution >= 0.6 is 0 Å². The Morgan fingerprint density at radius 1 is 1.58 bits per heavy atom. The fourth-order valence-corrected chi connectivity index (χ4v) is 2.60. The van der Waals surface area contributed by atoms with Gasteiger partial charge in [0.05, 0.1) is 0 Å². The quantitative estimate of drug-likeness (QED) is 0.503. The molecular weight excluding hydrogens is 148 g/mol. The Morgan fingerprint density at radius 2 is 2.33 bits per heavy atom. The topological polar surface area (TPSA) is 17.1 Å². The van der Waals surface area contributed by atoms with Crippen molar-refractivity contribution >= 4 is 5.78 Å². The number of carbonyl (C=O) groups is 1. The summed E-state index contributed by atoms with van der Waals surface area (Å²) in [6, 6.07) is 0. The largest absolute Gasteiger partial charge is 0.299 e. The molecule has 66 valence electrons. The van der Waals surface area contributed by atoms with Crippen LogP contribution < -0.4 is 0 Å². The van der Waals surface area contributed by atoms with E-state index in [0.29, 0.717) is 11.7 Å². The number of hydrogen-bond acceptors (Lipinski definition) is 1. The highest BCUT2D eigenvalue weighted by Crippen LogP contribution is 2.48. The van der Waals surface area contributed by atoms with Crippen LogP contribution in [0.1, 0.15) is 39.5 Å². The molecule has 0 heterocycles. The van der Waals surface area contributed by atoms with E-state index >= 15 is 0 Å². The molecule has 0 spiro atoms. The van der Waals surface area contributed by atoms with Gasteiger partial charge in [0, 0.05) is 11.8 Å². The maximum atomic E-state index is 11.6. The number of hydrogen-bond donors (Lipinski definition) is 0. The van der Waals surface area contributed by atoms with Crippen molar-refractivity contribution in [1.82, 2.24) is 0 Å². The van der Waals surface area contributed by atoms with Crippen LogP contribution in [0, 0.1) is 11.3 Å². The lowest BCUT2D eigenvalue weighted by Crippen LogP contribution is -2.30. The molecule has 0 radical (unpaired) electrons. The van der Waals surface area contributed by atoms with Gasteiger partial charge in [0.15, 0.2) is 0 Å². The second-order valence-corrected chi connectivity index (χ2v) is 4.53. The predicted molar refractivity (Wildman–Crippen MR) is 48.8 cm³/mol. The van der Waals surface area contributed by atoms with Gasteiger partial charge in [-0.05, 0) is 32.1 Å². The van der Waals surface area contributed by atoms with E-state index < -0.39 is 0 Å². The normalized spacial score (nSPS) is 41.0. The number of carbonyl (C=O) groups excluding carboxylic acids is 1. The molecule has 0 amide bonds. The molecule has 0 aromatic heterocycles. The van der Waals surface area contributed by atoms with E-state index in [0.717, 1.165) is 25.7 Å². The summed E-state index contributed by atoms with van der Waals surface area (Å²) in [5, 5.41) is 0. The zero-order valence-electron chi connectivity index (χ0n) is 7.89. The molecule has 2 rings (SSSR count). The van der Waals surface area contributed by atoms with Crippen molar-refractivity contribution < 1.29 is 4.79 Å². The van der Waals surface area contributed by atoms with Crippen molar-refractivity contribution in [3.8, 4) is 0 Å². The highest BCUT2D eigenvalue weighted by molar-refractivity contribution is 5.87. The average molecular weight is 164 g/mol. The molecule has 12 heavy (non-hydrogen) atoms. The zero-order valence-corrected chi connectivity index (χ0v) is 7.89. The molecule has 0 bridgehead atoms. The van der Waals surface area contributed by atoms with Crippen LogP contribution in [0.5, 0.6) is 0 Å². The summed E-state index contributed by atoms with van der Waals surface area (Å²) in [5.41, 5.74) is 1.49. The fourth-order valence-electron chi connectivity index (χ4n) is 2.60. The summed E-state index contributed by atoms with van der Waals surface area (Å²) in [5.74, 6) is 1.14. The number of Topliss-reactive ketones (excluding diaryl/α,β-unsaturated/α-hetero) is 1. The highest BCUT2D eigenvalue weighted by atomic mass is 16.1. The molecule has 1 fully saturated rings. The summed E-state index contributed by atoms with van der Waals surface area (Å²) in [6.45, 7) is 4.33. The van der Waals surface area contributed by atoms with Gasteiger partial charge in [-0.3, -0.25) is 4.79 Å². The maximum absolute atomic E-state index is 11.6. The molecule has 0 aromatic rings. The molecular formula is C11H16O. The van der Waals surface area contributed by atoms with Crippen LogP contribution in [-0.2, 0) is 4.79 Å². The molecule has 0 unspecified atom stereocenters. The van der Waals surface area contributed by atoms with Crippen molar-refractivity contribution in [2.75, 3.05) is 0 Å². The maximum Gasteiger partial charge on any atom is 0.139 e.